The largest absolute Gasteiger partial charge is 0.378 e. The number of aryl methyl sites for hydroxylation is 1. The van der Waals surface area contributed by atoms with Gasteiger partial charge in [-0.15, -0.1) is 0 Å². The molecule has 0 saturated carbocycles. The Morgan fingerprint density at radius 2 is 2.24 bits per heavy atom. The van der Waals surface area contributed by atoms with Gasteiger partial charge in [-0.25, -0.2) is 4.68 Å². The van der Waals surface area contributed by atoms with Gasteiger partial charge in [0.2, 0.25) is 0 Å². The van der Waals surface area contributed by atoms with Gasteiger partial charge in [-0.1, -0.05) is 0 Å². The number of nitrogens with zero attached hydrogens (tertiary/aromatic N) is 3. The standard InChI is InChI=1S/C14H24N4O3/c1-2-21-13(10-15)3-4-18-14(19)9-12(11-16-18)17-5-7-20-8-6-17/h9,11,13H,2-8,10,15H2,1H3. The van der Waals surface area contributed by atoms with E-state index in [1.165, 1.54) is 4.68 Å². The van der Waals surface area contributed by atoms with Crippen LogP contribution >= 0.6 is 0 Å². The van der Waals surface area contributed by atoms with E-state index in [0.29, 0.717) is 39.3 Å². The molecule has 1 aliphatic heterocycles. The molecule has 1 aromatic heterocycles. The third-order valence-electron chi connectivity index (χ3n) is 3.56. The minimum atomic E-state index is -0.0914. The molecule has 1 fully saturated rings. The summed E-state index contributed by atoms with van der Waals surface area (Å²) in [5, 5.41) is 4.25. The van der Waals surface area contributed by atoms with Crippen molar-refractivity contribution in [1.82, 2.24) is 9.78 Å². The van der Waals surface area contributed by atoms with Crippen LogP contribution in [0.4, 0.5) is 5.69 Å². The normalized spacial score (nSPS) is 17.0. The first-order valence-electron chi connectivity index (χ1n) is 7.46. The van der Waals surface area contributed by atoms with Crippen LogP contribution in [-0.2, 0) is 16.0 Å². The molecular formula is C14H24N4O3. The third-order valence-corrected chi connectivity index (χ3v) is 3.56. The Labute approximate surface area is 124 Å². The van der Waals surface area contributed by atoms with Crippen LogP contribution in [-0.4, -0.2) is 55.3 Å². The molecule has 2 heterocycles. The minimum absolute atomic E-state index is 0.0254. The summed E-state index contributed by atoms with van der Waals surface area (Å²) >= 11 is 0. The number of aromatic nitrogens is 2. The zero-order valence-electron chi connectivity index (χ0n) is 12.5. The van der Waals surface area contributed by atoms with E-state index in [2.05, 4.69) is 10.00 Å². The molecule has 0 radical (unpaired) electrons. The first kappa shape index (κ1) is 15.9. The summed E-state index contributed by atoms with van der Waals surface area (Å²) in [6.45, 7) is 6.50. The predicted octanol–water partition coefficient (Wildman–Crippen LogP) is -0.166. The van der Waals surface area contributed by atoms with E-state index in [1.54, 1.807) is 12.3 Å². The number of nitrogens with two attached hydrogens (primary N) is 1. The van der Waals surface area contributed by atoms with E-state index in [9.17, 15) is 4.79 Å². The van der Waals surface area contributed by atoms with Gasteiger partial charge in [0.05, 0.1) is 31.2 Å². The van der Waals surface area contributed by atoms with Gasteiger partial charge in [0.15, 0.2) is 0 Å². The molecule has 1 unspecified atom stereocenters. The Morgan fingerprint density at radius 1 is 1.48 bits per heavy atom. The van der Waals surface area contributed by atoms with Gasteiger partial charge < -0.3 is 20.1 Å². The van der Waals surface area contributed by atoms with E-state index in [4.69, 9.17) is 15.2 Å². The molecule has 0 aliphatic carbocycles. The summed E-state index contributed by atoms with van der Waals surface area (Å²) < 4.78 is 12.2. The van der Waals surface area contributed by atoms with Crippen LogP contribution in [0.25, 0.3) is 0 Å². The molecule has 1 aliphatic rings. The lowest BCUT2D eigenvalue weighted by Gasteiger charge is -2.28. The average Bonchev–Trinajstić information content (AvgIpc) is 2.53. The molecular weight excluding hydrogens is 272 g/mol. The fourth-order valence-corrected chi connectivity index (χ4v) is 2.36. The summed E-state index contributed by atoms with van der Waals surface area (Å²) in [4.78, 5) is 14.2. The maximum absolute atomic E-state index is 12.1. The molecule has 0 bridgehead atoms. The second-order valence-corrected chi connectivity index (χ2v) is 4.98. The number of ether oxygens (including phenoxy) is 2. The van der Waals surface area contributed by atoms with Crippen LogP contribution in [0.1, 0.15) is 13.3 Å². The number of anilines is 1. The van der Waals surface area contributed by atoms with Crippen molar-refractivity contribution in [3.8, 4) is 0 Å². The van der Waals surface area contributed by atoms with Crippen LogP contribution < -0.4 is 16.2 Å². The van der Waals surface area contributed by atoms with Crippen LogP contribution in [0.3, 0.4) is 0 Å². The van der Waals surface area contributed by atoms with Gasteiger partial charge in [-0.2, -0.15) is 5.10 Å². The molecule has 1 aromatic rings. The summed E-state index contributed by atoms with van der Waals surface area (Å²) in [5.74, 6) is 0. The van der Waals surface area contributed by atoms with Gasteiger partial charge in [-0.3, -0.25) is 4.79 Å². The zero-order chi connectivity index (χ0) is 15.1. The average molecular weight is 296 g/mol. The molecule has 2 N–H and O–H groups in total. The van der Waals surface area contributed by atoms with Crippen molar-refractivity contribution in [2.75, 3.05) is 44.4 Å². The van der Waals surface area contributed by atoms with Gasteiger partial charge >= 0.3 is 0 Å². The molecule has 0 spiro atoms. The highest BCUT2D eigenvalue weighted by molar-refractivity contribution is 5.43. The van der Waals surface area contributed by atoms with Gasteiger partial charge in [-0.05, 0) is 13.3 Å². The molecule has 0 aromatic carbocycles. The SMILES string of the molecule is CCOC(CN)CCn1ncc(N2CCOCC2)cc1=O. The van der Waals surface area contributed by atoms with Crippen molar-refractivity contribution in [3.05, 3.63) is 22.6 Å². The first-order valence-corrected chi connectivity index (χ1v) is 7.46. The van der Waals surface area contributed by atoms with Crippen molar-refractivity contribution in [2.24, 2.45) is 5.73 Å². The Morgan fingerprint density at radius 3 is 2.86 bits per heavy atom. The smallest absolute Gasteiger partial charge is 0.268 e. The Hall–Kier alpha value is -1.44. The fraction of sp³-hybridized carbons (Fsp3) is 0.714. The summed E-state index contributed by atoms with van der Waals surface area (Å²) in [5.41, 5.74) is 6.40. The van der Waals surface area contributed by atoms with E-state index < -0.39 is 0 Å². The number of rotatable bonds is 7. The topological polar surface area (TPSA) is 82.6 Å². The summed E-state index contributed by atoms with van der Waals surface area (Å²) in [6.07, 6.45) is 2.40. The Kier molecular flexibility index (Phi) is 6.16. The third kappa shape index (κ3) is 4.52. The maximum Gasteiger partial charge on any atom is 0.268 e. The van der Waals surface area contributed by atoms with E-state index in [0.717, 1.165) is 18.8 Å². The Bertz CT molecular complexity index is 485. The molecule has 0 amide bonds. The number of hydrogen-bond acceptors (Lipinski definition) is 6. The van der Waals surface area contributed by atoms with E-state index in [-0.39, 0.29) is 11.7 Å². The van der Waals surface area contributed by atoms with Crippen LogP contribution in [0.2, 0.25) is 0 Å². The van der Waals surface area contributed by atoms with Gasteiger partial charge in [0.25, 0.3) is 5.56 Å². The van der Waals surface area contributed by atoms with Crippen molar-refractivity contribution < 1.29 is 9.47 Å². The lowest BCUT2D eigenvalue weighted by Crippen LogP contribution is -2.37. The molecule has 7 heteroatoms. The summed E-state index contributed by atoms with van der Waals surface area (Å²) in [6, 6.07) is 1.64. The van der Waals surface area contributed by atoms with Crippen molar-refractivity contribution >= 4 is 5.69 Å². The predicted molar refractivity (Wildman–Crippen MR) is 80.6 cm³/mol. The highest BCUT2D eigenvalue weighted by Gasteiger charge is 2.13. The van der Waals surface area contributed by atoms with Crippen molar-refractivity contribution in [2.45, 2.75) is 26.0 Å². The lowest BCUT2D eigenvalue weighted by atomic mass is 10.2. The second kappa shape index (κ2) is 8.11. The molecule has 1 atom stereocenters. The Balaban J connectivity index is 1.97. The molecule has 118 valence electrons. The monoisotopic (exact) mass is 296 g/mol. The van der Waals surface area contributed by atoms with Crippen molar-refractivity contribution in [1.29, 1.82) is 0 Å². The summed E-state index contributed by atoms with van der Waals surface area (Å²) in [7, 11) is 0. The lowest BCUT2D eigenvalue weighted by molar-refractivity contribution is 0.0589. The van der Waals surface area contributed by atoms with Crippen molar-refractivity contribution in [3.63, 3.8) is 0 Å². The highest BCUT2D eigenvalue weighted by Crippen LogP contribution is 2.11. The highest BCUT2D eigenvalue weighted by atomic mass is 16.5. The van der Waals surface area contributed by atoms with Gasteiger partial charge in [0.1, 0.15) is 0 Å². The second-order valence-electron chi connectivity index (χ2n) is 4.98. The quantitative estimate of drug-likeness (QED) is 0.752. The number of hydrogen-bond donors (Lipinski definition) is 1. The molecule has 7 nitrogen and oxygen atoms in total. The van der Waals surface area contributed by atoms with Gasteiger partial charge in [0, 0.05) is 38.9 Å². The maximum atomic E-state index is 12.1. The van der Waals surface area contributed by atoms with Crippen LogP contribution in [0.15, 0.2) is 17.1 Å². The van der Waals surface area contributed by atoms with Crippen LogP contribution in [0.5, 0.6) is 0 Å². The molecule has 21 heavy (non-hydrogen) atoms. The fourth-order valence-electron chi connectivity index (χ4n) is 2.36. The first-order chi connectivity index (χ1) is 10.2. The van der Waals surface area contributed by atoms with Crippen LogP contribution in [0, 0.1) is 0 Å². The minimum Gasteiger partial charge on any atom is -0.378 e. The van der Waals surface area contributed by atoms with E-state index >= 15 is 0 Å². The molecule has 1 saturated heterocycles. The zero-order valence-corrected chi connectivity index (χ0v) is 12.5. The van der Waals surface area contributed by atoms with E-state index in [1.807, 2.05) is 6.92 Å². The number of morpholine rings is 1. The molecule has 2 rings (SSSR count).